The molecule has 0 spiro atoms. The molecule has 1 aromatic rings. The monoisotopic (exact) mass is 313 g/mol. The zero-order valence-electron chi connectivity index (χ0n) is 11.4. The van der Waals surface area contributed by atoms with E-state index in [4.69, 9.17) is 25.1 Å². The number of halogens is 3. The number of alkyl halides is 2. The Hall–Kier alpha value is -1.31. The Morgan fingerprint density at radius 2 is 1.70 bits per heavy atom. The van der Waals surface area contributed by atoms with Gasteiger partial charge in [-0.15, -0.1) is 12.4 Å². The van der Waals surface area contributed by atoms with Gasteiger partial charge in [-0.2, -0.15) is 0 Å². The van der Waals surface area contributed by atoms with Crippen molar-refractivity contribution in [3.8, 4) is 17.2 Å². The van der Waals surface area contributed by atoms with Crippen molar-refractivity contribution in [2.45, 2.75) is 12.0 Å². The van der Waals surface area contributed by atoms with Gasteiger partial charge >= 0.3 is 0 Å². The average Bonchev–Trinajstić information content (AvgIpc) is 2.44. The van der Waals surface area contributed by atoms with Crippen LogP contribution in [0.5, 0.6) is 17.2 Å². The first-order valence-electron chi connectivity index (χ1n) is 5.46. The van der Waals surface area contributed by atoms with Crippen molar-refractivity contribution in [2.24, 2.45) is 5.73 Å². The minimum Gasteiger partial charge on any atom is -0.493 e. The molecule has 0 fully saturated rings. The Bertz CT molecular complexity index is 446. The number of aliphatic hydroxyl groups is 1. The van der Waals surface area contributed by atoms with Crippen LogP contribution in [-0.4, -0.2) is 39.0 Å². The quantitative estimate of drug-likeness (QED) is 0.837. The average molecular weight is 314 g/mol. The second-order valence-corrected chi connectivity index (χ2v) is 3.82. The molecule has 0 aliphatic heterocycles. The second-order valence-electron chi connectivity index (χ2n) is 3.82. The molecule has 5 nitrogen and oxygen atoms in total. The highest BCUT2D eigenvalue weighted by atomic mass is 35.5. The lowest BCUT2D eigenvalue weighted by atomic mass is 10.00. The Labute approximate surface area is 122 Å². The van der Waals surface area contributed by atoms with Crippen LogP contribution in [0.3, 0.4) is 0 Å². The fourth-order valence-electron chi connectivity index (χ4n) is 1.70. The van der Waals surface area contributed by atoms with Crippen LogP contribution in [0.2, 0.25) is 0 Å². The fourth-order valence-corrected chi connectivity index (χ4v) is 1.70. The summed E-state index contributed by atoms with van der Waals surface area (Å²) in [6.45, 7) is -1.36. The smallest absolute Gasteiger partial charge is 0.289 e. The minimum absolute atomic E-state index is 0. The Balaban J connectivity index is 0.00000361. The highest BCUT2D eigenvalue weighted by Crippen LogP contribution is 2.44. The molecule has 0 unspecified atom stereocenters. The van der Waals surface area contributed by atoms with Gasteiger partial charge in [-0.05, 0) is 12.1 Å². The van der Waals surface area contributed by atoms with E-state index >= 15 is 0 Å². The summed E-state index contributed by atoms with van der Waals surface area (Å²) in [5.41, 5.74) is 5.52. The second kappa shape index (κ2) is 7.47. The van der Waals surface area contributed by atoms with E-state index in [1.54, 1.807) is 0 Å². The van der Waals surface area contributed by atoms with Crippen molar-refractivity contribution in [1.82, 2.24) is 0 Å². The highest BCUT2D eigenvalue weighted by molar-refractivity contribution is 5.85. The van der Waals surface area contributed by atoms with Gasteiger partial charge in [0.1, 0.15) is 12.6 Å². The third-order valence-corrected chi connectivity index (χ3v) is 2.74. The number of methoxy groups -OCH3 is 3. The lowest BCUT2D eigenvalue weighted by molar-refractivity contribution is -0.0716. The van der Waals surface area contributed by atoms with Crippen LogP contribution in [0, 0.1) is 0 Å². The largest absolute Gasteiger partial charge is 0.493 e. The van der Waals surface area contributed by atoms with Crippen LogP contribution < -0.4 is 19.9 Å². The van der Waals surface area contributed by atoms with Gasteiger partial charge in [0, 0.05) is 5.56 Å². The van der Waals surface area contributed by atoms with Gasteiger partial charge in [0.2, 0.25) is 5.75 Å². The van der Waals surface area contributed by atoms with Crippen molar-refractivity contribution in [3.63, 3.8) is 0 Å². The van der Waals surface area contributed by atoms with E-state index in [2.05, 4.69) is 0 Å². The number of nitrogens with two attached hydrogens (primary N) is 1. The summed E-state index contributed by atoms with van der Waals surface area (Å²) in [6, 6.07) is 1.09. The van der Waals surface area contributed by atoms with Crippen molar-refractivity contribution in [2.75, 3.05) is 27.9 Å². The summed E-state index contributed by atoms with van der Waals surface area (Å²) in [7, 11) is 4.09. The van der Waals surface area contributed by atoms with Crippen molar-refractivity contribution >= 4 is 12.4 Å². The van der Waals surface area contributed by atoms with E-state index < -0.39 is 18.6 Å². The molecule has 0 amide bonds. The van der Waals surface area contributed by atoms with Gasteiger partial charge < -0.3 is 25.1 Å². The molecule has 1 rings (SSSR count). The van der Waals surface area contributed by atoms with Crippen LogP contribution >= 0.6 is 12.4 Å². The first-order valence-corrected chi connectivity index (χ1v) is 5.46. The van der Waals surface area contributed by atoms with E-state index in [1.807, 2.05) is 0 Å². The Morgan fingerprint density at radius 1 is 1.15 bits per heavy atom. The maximum absolute atomic E-state index is 13.5. The van der Waals surface area contributed by atoms with Crippen molar-refractivity contribution in [1.29, 1.82) is 0 Å². The van der Waals surface area contributed by atoms with Crippen LogP contribution in [0.1, 0.15) is 11.6 Å². The third kappa shape index (κ3) is 3.41. The van der Waals surface area contributed by atoms with Crippen molar-refractivity contribution < 1.29 is 28.1 Å². The Kier molecular flexibility index (Phi) is 6.98. The molecular formula is C12H18ClF2NO4. The number of benzene rings is 1. The summed E-state index contributed by atoms with van der Waals surface area (Å²) in [5, 5.41) is 8.69. The number of hydrogen-bond donors (Lipinski definition) is 2. The first-order chi connectivity index (χ1) is 8.92. The van der Waals surface area contributed by atoms with Gasteiger partial charge in [0.15, 0.2) is 11.5 Å². The molecular weight excluding hydrogens is 296 g/mol. The highest BCUT2D eigenvalue weighted by Gasteiger charge is 2.39. The topological polar surface area (TPSA) is 73.9 Å². The standard InChI is InChI=1S/C12H17F2NO4.ClH/c1-17-8-5-4-7(9(18-2)10(8)19-3)11(15)12(13,14)6-16;/h4-5,11,16H,6,15H2,1-3H3;1H/t11-;/m1./s1. The molecule has 0 radical (unpaired) electrons. The van der Waals surface area contributed by atoms with E-state index in [-0.39, 0.29) is 29.5 Å². The van der Waals surface area contributed by atoms with Gasteiger partial charge in [-0.1, -0.05) is 0 Å². The molecule has 8 heteroatoms. The molecule has 0 aliphatic rings. The Morgan fingerprint density at radius 3 is 2.10 bits per heavy atom. The van der Waals surface area contributed by atoms with Crippen LogP contribution in [0.15, 0.2) is 12.1 Å². The van der Waals surface area contributed by atoms with E-state index in [1.165, 1.54) is 33.5 Å². The molecule has 0 bridgehead atoms. The first kappa shape index (κ1) is 18.7. The summed E-state index contributed by atoms with van der Waals surface area (Å²) in [5.74, 6) is -2.90. The molecule has 20 heavy (non-hydrogen) atoms. The summed E-state index contributed by atoms with van der Waals surface area (Å²) < 4.78 is 42.1. The minimum atomic E-state index is -3.47. The summed E-state index contributed by atoms with van der Waals surface area (Å²) in [6.07, 6.45) is 0. The lowest BCUT2D eigenvalue weighted by Crippen LogP contribution is -2.36. The van der Waals surface area contributed by atoms with Gasteiger partial charge in [-0.3, -0.25) is 0 Å². The molecule has 3 N–H and O–H groups in total. The number of aliphatic hydroxyl groups excluding tert-OH is 1. The number of ether oxygens (including phenoxy) is 3. The molecule has 1 atom stereocenters. The van der Waals surface area contributed by atoms with Crippen LogP contribution in [-0.2, 0) is 0 Å². The molecule has 0 saturated heterocycles. The molecule has 0 aromatic heterocycles. The number of hydrogen-bond acceptors (Lipinski definition) is 5. The molecule has 0 saturated carbocycles. The van der Waals surface area contributed by atoms with Crippen LogP contribution in [0.4, 0.5) is 8.78 Å². The predicted molar refractivity (Wildman–Crippen MR) is 72.3 cm³/mol. The predicted octanol–water partition coefficient (Wildman–Crippen LogP) is 1.76. The summed E-state index contributed by atoms with van der Waals surface area (Å²) >= 11 is 0. The third-order valence-electron chi connectivity index (χ3n) is 2.74. The zero-order chi connectivity index (χ0) is 14.6. The SMILES string of the molecule is COc1ccc([C@@H](N)C(F)(F)CO)c(OC)c1OC.Cl. The summed E-state index contributed by atoms with van der Waals surface area (Å²) in [4.78, 5) is 0. The van der Waals surface area contributed by atoms with E-state index in [0.29, 0.717) is 5.75 Å². The maximum atomic E-state index is 13.5. The molecule has 0 heterocycles. The molecule has 0 aliphatic carbocycles. The van der Waals surface area contributed by atoms with Gasteiger partial charge in [0.05, 0.1) is 21.3 Å². The van der Waals surface area contributed by atoms with Crippen LogP contribution in [0.25, 0.3) is 0 Å². The van der Waals surface area contributed by atoms with E-state index in [9.17, 15) is 8.78 Å². The normalized spacial score (nSPS) is 12.3. The fraction of sp³-hybridized carbons (Fsp3) is 0.500. The maximum Gasteiger partial charge on any atom is 0.289 e. The van der Waals surface area contributed by atoms with Gasteiger partial charge in [-0.25, -0.2) is 8.78 Å². The van der Waals surface area contributed by atoms with E-state index in [0.717, 1.165) is 0 Å². The number of rotatable bonds is 6. The lowest BCUT2D eigenvalue weighted by Gasteiger charge is -2.24. The zero-order valence-corrected chi connectivity index (χ0v) is 12.2. The van der Waals surface area contributed by atoms with Crippen molar-refractivity contribution in [3.05, 3.63) is 17.7 Å². The van der Waals surface area contributed by atoms with Gasteiger partial charge in [0.25, 0.3) is 5.92 Å². The molecule has 116 valence electrons. The molecule has 1 aromatic carbocycles.